The molecule has 4 nitrogen and oxygen atoms in total. The van der Waals surface area contributed by atoms with Crippen LogP contribution in [0.5, 0.6) is 0 Å². The van der Waals surface area contributed by atoms with Crippen LogP contribution in [0.25, 0.3) is 33.2 Å². The first kappa shape index (κ1) is 27.4. The Balaban J connectivity index is 0.000000185. The predicted octanol–water partition coefficient (Wildman–Crippen LogP) is 7.97. The molecule has 0 bridgehead atoms. The number of hydrogen-bond donors (Lipinski definition) is 0. The molecule has 5 aromatic rings. The van der Waals surface area contributed by atoms with Gasteiger partial charge in [0.15, 0.2) is 6.54 Å². The number of aryl methyl sites for hydroxylation is 3. The van der Waals surface area contributed by atoms with Crippen LogP contribution in [-0.2, 0) is 20.1 Å². The van der Waals surface area contributed by atoms with Crippen molar-refractivity contribution >= 4 is 33.6 Å². The van der Waals surface area contributed by atoms with E-state index < -0.39 is 0 Å². The van der Waals surface area contributed by atoms with Gasteiger partial charge in [-0.2, -0.15) is 6.07 Å². The van der Waals surface area contributed by atoms with Crippen molar-refractivity contribution < 1.29 is 33.7 Å². The summed E-state index contributed by atoms with van der Waals surface area (Å²) in [5.74, 6) is 0. The molecule has 3 heterocycles. The zero-order valence-corrected chi connectivity index (χ0v) is 24.6. The maximum Gasteiger partial charge on any atom is 0.493 e. The Kier molecular flexibility index (Phi) is 8.86. The second-order valence-electron chi connectivity index (χ2n) is 9.44. The molecule has 0 atom stereocenters. The van der Waals surface area contributed by atoms with Crippen LogP contribution in [-0.4, -0.2) is 26.7 Å². The van der Waals surface area contributed by atoms with E-state index in [0.29, 0.717) is 0 Å². The predicted molar refractivity (Wildman–Crippen MR) is 149 cm³/mol. The number of rotatable bonds is 5. The molecule has 0 spiro atoms. The van der Waals surface area contributed by atoms with Gasteiger partial charge in [0, 0.05) is 38.3 Å². The molecule has 0 fully saturated rings. The largest absolute Gasteiger partial charge is 0.493 e. The topological polar surface area (TPSA) is 32.0 Å². The van der Waals surface area contributed by atoms with Gasteiger partial charge < -0.3 is 9.40 Å². The molecular weight excluding hydrogens is 647 g/mol. The molecule has 0 N–H and O–H groups in total. The number of aromatic nitrogens is 1. The Morgan fingerprint density at radius 1 is 0.895 bits per heavy atom. The number of fused-ring (bicyclic) bond motifs is 3. The molecule has 0 saturated heterocycles. The van der Waals surface area contributed by atoms with Gasteiger partial charge in [0.25, 0.3) is 6.20 Å². The molecule has 1 aliphatic heterocycles. The Bertz CT molecular complexity index is 1670. The number of hydrogen-bond acceptors (Lipinski definition) is 2. The molecular formula is C33H31IrN3O. The summed E-state index contributed by atoms with van der Waals surface area (Å²) in [7, 11) is 0. The normalized spacial score (nSPS) is 12.1. The Morgan fingerprint density at radius 3 is 2.50 bits per heavy atom. The van der Waals surface area contributed by atoms with Gasteiger partial charge in [-0.05, 0) is 36.6 Å². The maximum atomic E-state index is 5.93. The molecule has 193 valence electrons. The van der Waals surface area contributed by atoms with E-state index in [1.54, 1.807) is 0 Å². The van der Waals surface area contributed by atoms with Crippen LogP contribution >= 0.6 is 0 Å². The van der Waals surface area contributed by atoms with Crippen LogP contribution in [0.15, 0.2) is 83.7 Å². The summed E-state index contributed by atoms with van der Waals surface area (Å²) < 4.78 is 9.98. The van der Waals surface area contributed by atoms with Gasteiger partial charge in [0.2, 0.25) is 6.20 Å². The van der Waals surface area contributed by atoms with Gasteiger partial charge >= 0.3 is 6.01 Å². The van der Waals surface area contributed by atoms with Crippen LogP contribution in [0.3, 0.4) is 0 Å². The molecule has 1 aliphatic rings. The molecule has 38 heavy (non-hydrogen) atoms. The summed E-state index contributed by atoms with van der Waals surface area (Å²) in [4.78, 5) is 4.41. The van der Waals surface area contributed by atoms with Crippen molar-refractivity contribution in [3.63, 3.8) is 0 Å². The van der Waals surface area contributed by atoms with Crippen molar-refractivity contribution in [2.75, 3.05) is 6.54 Å². The second-order valence-corrected chi connectivity index (χ2v) is 9.44. The minimum Gasteiger partial charge on any atom is -0.483 e. The van der Waals surface area contributed by atoms with Crippen molar-refractivity contribution in [3.05, 3.63) is 108 Å². The third-order valence-corrected chi connectivity index (χ3v) is 6.56. The van der Waals surface area contributed by atoms with Crippen molar-refractivity contribution in [1.82, 2.24) is 4.98 Å². The van der Waals surface area contributed by atoms with Crippen molar-refractivity contribution in [1.29, 1.82) is 0 Å². The monoisotopic (exact) mass is 678 g/mol. The number of para-hydroxylation sites is 1. The first-order chi connectivity index (χ1) is 18.0. The third kappa shape index (κ3) is 6.09. The van der Waals surface area contributed by atoms with Gasteiger partial charge in [0.05, 0.1) is 0 Å². The van der Waals surface area contributed by atoms with Crippen molar-refractivity contribution in [3.8, 4) is 11.3 Å². The van der Waals surface area contributed by atoms with E-state index >= 15 is 0 Å². The second kappa shape index (κ2) is 12.3. The summed E-state index contributed by atoms with van der Waals surface area (Å²) in [6.45, 7) is 9.44. The van der Waals surface area contributed by atoms with Crippen LogP contribution in [0.4, 0.5) is 5.69 Å². The van der Waals surface area contributed by atoms with Crippen LogP contribution in [0.1, 0.15) is 36.5 Å². The Morgan fingerprint density at radius 2 is 1.74 bits per heavy atom. The van der Waals surface area contributed by atoms with E-state index in [9.17, 15) is 0 Å². The summed E-state index contributed by atoms with van der Waals surface area (Å²) in [5, 5.41) is 2.24. The first-order valence-corrected chi connectivity index (χ1v) is 12.8. The standard InChI is InChI=1S/C19H17N2O.C14H14N.Ir/c1-2-3-10-20-11-12-21(14-20)15-8-9-17-16-6-4-5-7-18(16)22-19(17)13-15;1-10-4-6-13(7-5-10)14-8-11(2)12(3)9-15-14;/h4-7,9,11-13H,2-3,10H2,1H3;4-6,8-9H,1-3H3;/q+1;-1;. The average Bonchev–Trinajstić information content (AvgIpc) is 3.54. The molecule has 0 unspecified atom stereocenters. The zero-order valence-electron chi connectivity index (χ0n) is 22.2. The number of benzene rings is 3. The SMILES string of the molecule is CCCC[N+]1=C=[N+](c2[c-]cc3c(c2)oc2ccccc23)C=C1.Cc1c[c-]c(-c2cc(C)c(C)cn2)cc1.[Ir]. The summed E-state index contributed by atoms with van der Waals surface area (Å²) in [6.07, 6.45) is 8.32. The van der Waals surface area contributed by atoms with E-state index in [0.717, 1.165) is 51.8 Å². The van der Waals surface area contributed by atoms with Gasteiger partial charge in [-0.25, -0.2) is 0 Å². The maximum absolute atomic E-state index is 5.93. The molecule has 1 radical (unpaired) electrons. The fourth-order valence-corrected chi connectivity index (χ4v) is 4.16. The fraction of sp³-hybridized carbons (Fsp3) is 0.212. The van der Waals surface area contributed by atoms with E-state index in [4.69, 9.17) is 4.42 Å². The number of pyridine rings is 1. The van der Waals surface area contributed by atoms with Gasteiger partial charge in [-0.1, -0.05) is 70.7 Å². The van der Waals surface area contributed by atoms with Crippen LogP contribution < -0.4 is 0 Å². The quantitative estimate of drug-likeness (QED) is 0.140. The number of nitrogens with zero attached hydrogens (tertiary/aromatic N) is 3. The Hall–Kier alpha value is -3.62. The van der Waals surface area contributed by atoms with Crippen LogP contribution in [0, 0.1) is 32.9 Å². The van der Waals surface area contributed by atoms with Gasteiger partial charge in [0.1, 0.15) is 11.3 Å². The smallest absolute Gasteiger partial charge is 0.483 e. The van der Waals surface area contributed by atoms with E-state index in [2.05, 4.69) is 79.7 Å². The third-order valence-electron chi connectivity index (χ3n) is 6.56. The van der Waals surface area contributed by atoms with E-state index in [1.165, 1.54) is 23.1 Å². The van der Waals surface area contributed by atoms with Gasteiger partial charge in [-0.15, -0.1) is 41.5 Å². The fourth-order valence-electron chi connectivity index (χ4n) is 4.16. The molecule has 0 aliphatic carbocycles. The van der Waals surface area contributed by atoms with Gasteiger partial charge in [-0.3, -0.25) is 0 Å². The molecule has 0 saturated carbocycles. The number of unbranched alkanes of at least 4 members (excludes halogenated alkanes) is 1. The zero-order chi connectivity index (χ0) is 25.8. The average molecular weight is 678 g/mol. The van der Waals surface area contributed by atoms with Crippen molar-refractivity contribution in [2.45, 2.75) is 40.5 Å². The van der Waals surface area contributed by atoms with Crippen molar-refractivity contribution in [2.24, 2.45) is 0 Å². The summed E-state index contributed by atoms with van der Waals surface area (Å²) >= 11 is 0. The Labute approximate surface area is 238 Å². The van der Waals surface area contributed by atoms with E-state index in [1.807, 2.05) is 59.6 Å². The summed E-state index contributed by atoms with van der Waals surface area (Å²) in [5.41, 5.74) is 8.53. The van der Waals surface area contributed by atoms with E-state index in [-0.39, 0.29) is 20.1 Å². The number of furan rings is 1. The summed E-state index contributed by atoms with van der Waals surface area (Å²) in [6, 6.07) is 30.3. The van der Waals surface area contributed by atoms with Crippen LogP contribution in [0.2, 0.25) is 0 Å². The molecule has 2 aromatic heterocycles. The minimum atomic E-state index is 0. The molecule has 6 rings (SSSR count). The molecule has 0 amide bonds. The first-order valence-electron chi connectivity index (χ1n) is 12.8. The molecule has 3 aromatic carbocycles. The minimum absolute atomic E-state index is 0. The molecule has 5 heteroatoms.